The van der Waals surface area contributed by atoms with Crippen molar-refractivity contribution < 1.29 is 18.3 Å². The Hall–Kier alpha value is -1.07. The maximum atomic E-state index is 10.6. The molecule has 0 aromatic heterocycles. The van der Waals surface area contributed by atoms with E-state index >= 15 is 0 Å². The second-order valence-corrected chi connectivity index (χ2v) is 4.69. The SMILES string of the molecule is C=C(/C=C\C(=C)S(=O)(=O)Cl)C(=O)O. The van der Waals surface area contributed by atoms with Crippen molar-refractivity contribution in [3.63, 3.8) is 0 Å². The molecule has 0 unspecified atom stereocenters. The van der Waals surface area contributed by atoms with Gasteiger partial charge in [0.1, 0.15) is 0 Å². The van der Waals surface area contributed by atoms with Crippen LogP contribution in [0, 0.1) is 0 Å². The number of hydrogen-bond acceptors (Lipinski definition) is 3. The first-order chi connectivity index (χ1) is 5.75. The average Bonchev–Trinajstić information content (AvgIpc) is 1.97. The summed E-state index contributed by atoms with van der Waals surface area (Å²) in [5.74, 6) is -1.24. The van der Waals surface area contributed by atoms with E-state index in [1.165, 1.54) is 0 Å². The molecule has 0 radical (unpaired) electrons. The molecule has 0 atom stereocenters. The van der Waals surface area contributed by atoms with Crippen molar-refractivity contribution in [1.29, 1.82) is 0 Å². The summed E-state index contributed by atoms with van der Waals surface area (Å²) in [6, 6.07) is 0. The highest BCUT2D eigenvalue weighted by Crippen LogP contribution is 2.11. The molecule has 1 N–H and O–H groups in total. The van der Waals surface area contributed by atoms with Gasteiger partial charge in [-0.25, -0.2) is 13.2 Å². The number of carbonyl (C=O) groups is 1. The summed E-state index contributed by atoms with van der Waals surface area (Å²) in [6.07, 6.45) is 1.98. The number of carboxylic acid groups (broad SMARTS) is 1. The van der Waals surface area contributed by atoms with Gasteiger partial charge in [0.2, 0.25) is 0 Å². The molecule has 0 rings (SSSR count). The number of aliphatic carboxylic acids is 1. The molecule has 0 aromatic rings. The minimum atomic E-state index is -3.87. The average molecular weight is 223 g/mol. The largest absolute Gasteiger partial charge is 0.478 e. The lowest BCUT2D eigenvalue weighted by atomic mass is 10.3. The number of halogens is 1. The molecule has 0 aliphatic rings. The molecule has 0 aliphatic carbocycles. The van der Waals surface area contributed by atoms with Crippen LogP contribution >= 0.6 is 10.7 Å². The van der Waals surface area contributed by atoms with Gasteiger partial charge in [0.15, 0.2) is 0 Å². The van der Waals surface area contributed by atoms with Crippen LogP contribution in [0.1, 0.15) is 0 Å². The van der Waals surface area contributed by atoms with Crippen LogP contribution in [0.2, 0.25) is 0 Å². The number of carboxylic acids is 1. The number of hydrogen-bond donors (Lipinski definition) is 1. The van der Waals surface area contributed by atoms with Gasteiger partial charge in [-0.15, -0.1) is 0 Å². The molecule has 0 amide bonds. The number of allylic oxidation sites excluding steroid dienone is 1. The van der Waals surface area contributed by atoms with Crippen LogP contribution in [-0.2, 0) is 13.8 Å². The van der Waals surface area contributed by atoms with Crippen LogP contribution in [0.3, 0.4) is 0 Å². The van der Waals surface area contributed by atoms with Crippen LogP contribution in [0.25, 0.3) is 0 Å². The molecule has 0 fully saturated rings. The lowest BCUT2D eigenvalue weighted by Gasteiger charge is -1.92. The van der Waals surface area contributed by atoms with E-state index in [2.05, 4.69) is 13.2 Å². The topological polar surface area (TPSA) is 71.4 Å². The van der Waals surface area contributed by atoms with Crippen LogP contribution in [0.15, 0.2) is 35.8 Å². The quantitative estimate of drug-likeness (QED) is 0.442. The van der Waals surface area contributed by atoms with Gasteiger partial charge in [-0.2, -0.15) is 0 Å². The van der Waals surface area contributed by atoms with Crippen molar-refractivity contribution in [1.82, 2.24) is 0 Å². The maximum absolute atomic E-state index is 10.6. The summed E-state index contributed by atoms with van der Waals surface area (Å²) >= 11 is 0. The smallest absolute Gasteiger partial charge is 0.335 e. The zero-order valence-electron chi connectivity index (χ0n) is 6.53. The van der Waals surface area contributed by atoms with Gasteiger partial charge in [0, 0.05) is 10.7 Å². The normalized spacial score (nSPS) is 11.5. The lowest BCUT2D eigenvalue weighted by Crippen LogP contribution is -1.96. The Morgan fingerprint density at radius 2 is 1.77 bits per heavy atom. The summed E-state index contributed by atoms with van der Waals surface area (Å²) in [5, 5.41) is 8.33. The van der Waals surface area contributed by atoms with Crippen molar-refractivity contribution in [3.8, 4) is 0 Å². The minimum absolute atomic E-state index is 0.249. The molecule has 4 nitrogen and oxygen atoms in total. The fraction of sp³-hybridized carbons (Fsp3) is 0. The molecule has 72 valence electrons. The molecule has 0 bridgehead atoms. The fourth-order valence-electron chi connectivity index (χ4n) is 0.346. The van der Waals surface area contributed by atoms with Gasteiger partial charge < -0.3 is 5.11 Å². The van der Waals surface area contributed by atoms with E-state index in [9.17, 15) is 13.2 Å². The van der Waals surface area contributed by atoms with Crippen molar-refractivity contribution in [2.45, 2.75) is 0 Å². The highest BCUT2D eigenvalue weighted by atomic mass is 35.7. The standard InChI is InChI=1S/C7H7ClO4S/c1-5(7(9)10)3-4-6(2)13(8,11)12/h3-4H,1-2H2,(H,9,10)/b4-3-. The van der Waals surface area contributed by atoms with E-state index in [0.29, 0.717) is 0 Å². The summed E-state index contributed by atoms with van der Waals surface area (Å²) in [6.45, 7) is 6.26. The second kappa shape index (κ2) is 4.25. The van der Waals surface area contributed by atoms with Gasteiger partial charge in [-0.1, -0.05) is 13.2 Å². The minimum Gasteiger partial charge on any atom is -0.478 e. The third-order valence-corrected chi connectivity index (χ3v) is 2.42. The second-order valence-electron chi connectivity index (χ2n) is 2.07. The van der Waals surface area contributed by atoms with Crippen molar-refractivity contribution in [2.24, 2.45) is 0 Å². The van der Waals surface area contributed by atoms with E-state index < -0.39 is 15.0 Å². The molecule has 0 heterocycles. The summed E-state index contributed by atoms with van der Waals surface area (Å²) in [7, 11) is 1.02. The highest BCUT2D eigenvalue weighted by Gasteiger charge is 2.07. The third-order valence-electron chi connectivity index (χ3n) is 1.06. The lowest BCUT2D eigenvalue weighted by molar-refractivity contribution is -0.132. The fourth-order valence-corrected chi connectivity index (χ4v) is 0.731. The van der Waals surface area contributed by atoms with Gasteiger partial charge in [-0.05, 0) is 12.2 Å². The Balaban J connectivity index is 4.58. The molecular formula is C7H7ClO4S. The first kappa shape index (κ1) is 11.9. The Morgan fingerprint density at radius 1 is 1.31 bits per heavy atom. The van der Waals surface area contributed by atoms with Crippen molar-refractivity contribution in [3.05, 3.63) is 35.8 Å². The molecule has 0 spiro atoms. The Bertz CT molecular complexity index is 377. The Labute approximate surface area is 80.2 Å². The van der Waals surface area contributed by atoms with E-state index in [4.69, 9.17) is 15.8 Å². The molecular weight excluding hydrogens is 216 g/mol. The van der Waals surface area contributed by atoms with E-state index in [0.717, 1.165) is 12.2 Å². The first-order valence-corrected chi connectivity index (χ1v) is 5.30. The Morgan fingerprint density at radius 3 is 2.08 bits per heavy atom. The summed E-state index contributed by atoms with van der Waals surface area (Å²) in [4.78, 5) is 9.82. The zero-order chi connectivity index (χ0) is 10.6. The molecule has 0 aliphatic heterocycles. The molecule has 6 heteroatoms. The molecule has 0 saturated heterocycles. The zero-order valence-corrected chi connectivity index (χ0v) is 8.10. The monoisotopic (exact) mass is 222 g/mol. The predicted octanol–water partition coefficient (Wildman–Crippen LogP) is 1.27. The van der Waals surface area contributed by atoms with Gasteiger partial charge in [0.25, 0.3) is 9.05 Å². The van der Waals surface area contributed by atoms with Crippen LogP contribution in [0.5, 0.6) is 0 Å². The van der Waals surface area contributed by atoms with E-state index in [1.54, 1.807) is 0 Å². The van der Waals surface area contributed by atoms with Crippen LogP contribution < -0.4 is 0 Å². The van der Waals surface area contributed by atoms with Crippen molar-refractivity contribution >= 4 is 25.7 Å². The summed E-state index contributed by atoms with van der Waals surface area (Å²) in [5.41, 5.74) is -0.249. The number of rotatable bonds is 4. The van der Waals surface area contributed by atoms with Crippen LogP contribution in [-0.4, -0.2) is 19.5 Å². The Kier molecular flexibility index (Phi) is 3.90. The van der Waals surface area contributed by atoms with Crippen LogP contribution in [0.4, 0.5) is 0 Å². The first-order valence-electron chi connectivity index (χ1n) is 2.99. The maximum Gasteiger partial charge on any atom is 0.335 e. The molecule has 13 heavy (non-hydrogen) atoms. The highest BCUT2D eigenvalue weighted by molar-refractivity contribution is 8.16. The summed E-state index contributed by atoms with van der Waals surface area (Å²) < 4.78 is 21.1. The predicted molar refractivity (Wildman–Crippen MR) is 49.8 cm³/mol. The van der Waals surface area contributed by atoms with E-state index in [1.807, 2.05) is 0 Å². The van der Waals surface area contributed by atoms with Gasteiger partial charge in [0.05, 0.1) is 10.5 Å². The van der Waals surface area contributed by atoms with Gasteiger partial charge >= 0.3 is 5.97 Å². The molecule has 0 saturated carbocycles. The van der Waals surface area contributed by atoms with Gasteiger partial charge in [-0.3, -0.25) is 0 Å². The third kappa shape index (κ3) is 4.49. The van der Waals surface area contributed by atoms with E-state index in [-0.39, 0.29) is 10.5 Å². The van der Waals surface area contributed by atoms with Crippen molar-refractivity contribution in [2.75, 3.05) is 0 Å². The molecule has 0 aromatic carbocycles.